The van der Waals surface area contributed by atoms with Crippen molar-refractivity contribution < 1.29 is 13.5 Å². The van der Waals surface area contributed by atoms with Gasteiger partial charge in [-0.15, -0.1) is 0 Å². The van der Waals surface area contributed by atoms with Gasteiger partial charge < -0.3 is 14.9 Å². The van der Waals surface area contributed by atoms with Crippen LogP contribution in [0.4, 0.5) is 0 Å². The van der Waals surface area contributed by atoms with Crippen LogP contribution in [-0.2, 0) is 10.0 Å². The van der Waals surface area contributed by atoms with Crippen LogP contribution in [0.25, 0.3) is 0 Å². The average molecular weight is 307 g/mol. The number of β-amino-alcohol motifs (C(OH)–C–C–N with tert-alkyl or cyclic N) is 1. The third-order valence-electron chi connectivity index (χ3n) is 3.77. The molecule has 0 saturated carbocycles. The van der Waals surface area contributed by atoms with Crippen LogP contribution in [0.3, 0.4) is 0 Å². The smallest absolute Gasteiger partial charge is 0.209 e. The molecule has 1 rings (SSSR count). The van der Waals surface area contributed by atoms with Gasteiger partial charge in [-0.1, -0.05) is 0 Å². The Labute approximate surface area is 123 Å². The molecular formula is C13H29N3O3S. The lowest BCUT2D eigenvalue weighted by molar-refractivity contribution is 0.0926. The minimum absolute atomic E-state index is 0.0597. The van der Waals surface area contributed by atoms with Crippen LogP contribution in [0.15, 0.2) is 0 Å². The Bertz CT molecular complexity index is 365. The molecule has 3 N–H and O–H groups in total. The first-order valence-electron chi connectivity index (χ1n) is 7.35. The second-order valence-corrected chi connectivity index (χ2v) is 7.81. The maximum absolute atomic E-state index is 10.9. The zero-order valence-corrected chi connectivity index (χ0v) is 13.5. The summed E-state index contributed by atoms with van der Waals surface area (Å²) in [6.07, 6.45) is 2.63. The Morgan fingerprint density at radius 1 is 1.40 bits per heavy atom. The van der Waals surface area contributed by atoms with E-state index in [2.05, 4.69) is 9.80 Å². The van der Waals surface area contributed by atoms with Crippen LogP contribution >= 0.6 is 0 Å². The van der Waals surface area contributed by atoms with Crippen LogP contribution in [-0.4, -0.2) is 75.0 Å². The van der Waals surface area contributed by atoms with Crippen LogP contribution in [0.5, 0.6) is 0 Å². The van der Waals surface area contributed by atoms with E-state index < -0.39 is 10.0 Å². The monoisotopic (exact) mass is 307 g/mol. The van der Waals surface area contributed by atoms with Crippen molar-refractivity contribution in [2.24, 2.45) is 11.1 Å². The molecule has 0 spiro atoms. The second kappa shape index (κ2) is 8.29. The third-order valence-corrected chi connectivity index (χ3v) is 4.63. The standard InChI is InChI=1S/C13H29N3O3S/c1-12(17)10-16-7-4-13(5-8-16)11-15(2)6-3-9-20(14,18)19/h12-13,17H,3-11H2,1-2H3,(H2,14,18,19)/t12-/m0/s1. The molecule has 1 aliphatic rings. The summed E-state index contributed by atoms with van der Waals surface area (Å²) in [6.45, 7) is 6.45. The number of rotatable bonds is 8. The van der Waals surface area contributed by atoms with Crippen LogP contribution < -0.4 is 5.14 Å². The molecule has 1 saturated heterocycles. The fourth-order valence-corrected chi connectivity index (χ4v) is 3.32. The number of nitrogens with two attached hydrogens (primary N) is 1. The van der Waals surface area contributed by atoms with Gasteiger partial charge in [-0.3, -0.25) is 0 Å². The molecule has 0 radical (unpaired) electrons. The summed E-state index contributed by atoms with van der Waals surface area (Å²) in [5.74, 6) is 0.726. The molecule has 1 fully saturated rings. The zero-order valence-electron chi connectivity index (χ0n) is 12.7. The number of hydrogen-bond donors (Lipinski definition) is 2. The first-order chi connectivity index (χ1) is 9.26. The van der Waals surface area contributed by atoms with E-state index in [1.165, 1.54) is 0 Å². The molecule has 20 heavy (non-hydrogen) atoms. The molecule has 0 aromatic rings. The molecule has 1 heterocycles. The van der Waals surface area contributed by atoms with E-state index in [1.54, 1.807) is 0 Å². The fourth-order valence-electron chi connectivity index (χ4n) is 2.79. The molecule has 7 heteroatoms. The number of sulfonamides is 1. The number of aliphatic hydroxyl groups is 1. The van der Waals surface area contributed by atoms with E-state index >= 15 is 0 Å². The van der Waals surface area contributed by atoms with Crippen LogP contribution in [0, 0.1) is 5.92 Å². The SMILES string of the molecule is C[C@H](O)CN1CCC(CN(C)CCCS(N)(=O)=O)CC1. The summed E-state index contributed by atoms with van der Waals surface area (Å²) in [5, 5.41) is 14.4. The Hall–Kier alpha value is -0.210. The van der Waals surface area contributed by atoms with Crippen LogP contribution in [0.2, 0.25) is 0 Å². The van der Waals surface area contributed by atoms with Crippen LogP contribution in [0.1, 0.15) is 26.2 Å². The van der Waals surface area contributed by atoms with Gasteiger partial charge in [0.05, 0.1) is 11.9 Å². The summed E-state index contributed by atoms with van der Waals surface area (Å²) >= 11 is 0. The van der Waals surface area contributed by atoms with Crippen molar-refractivity contribution in [2.45, 2.75) is 32.3 Å². The molecule has 0 bridgehead atoms. The largest absolute Gasteiger partial charge is 0.392 e. The van der Waals surface area contributed by atoms with E-state index in [1.807, 2.05) is 14.0 Å². The lowest BCUT2D eigenvalue weighted by Gasteiger charge is -2.34. The predicted molar refractivity (Wildman–Crippen MR) is 80.9 cm³/mol. The minimum atomic E-state index is -3.33. The van der Waals surface area contributed by atoms with E-state index in [4.69, 9.17) is 5.14 Å². The van der Waals surface area contributed by atoms with Crippen molar-refractivity contribution in [3.05, 3.63) is 0 Å². The molecule has 0 amide bonds. The van der Waals surface area contributed by atoms with E-state index in [-0.39, 0.29) is 11.9 Å². The zero-order chi connectivity index (χ0) is 15.2. The molecular weight excluding hydrogens is 278 g/mol. The maximum Gasteiger partial charge on any atom is 0.209 e. The number of primary sulfonamides is 1. The number of hydrogen-bond acceptors (Lipinski definition) is 5. The highest BCUT2D eigenvalue weighted by Gasteiger charge is 2.21. The van der Waals surface area contributed by atoms with Gasteiger partial charge >= 0.3 is 0 Å². The minimum Gasteiger partial charge on any atom is -0.392 e. The highest BCUT2D eigenvalue weighted by atomic mass is 32.2. The molecule has 120 valence electrons. The van der Waals surface area contributed by atoms with Crippen molar-refractivity contribution in [3.8, 4) is 0 Å². The van der Waals surface area contributed by atoms with E-state index in [9.17, 15) is 13.5 Å². The Kier molecular flexibility index (Phi) is 7.39. The van der Waals surface area contributed by atoms with Gasteiger partial charge in [0.25, 0.3) is 0 Å². The summed E-state index contributed by atoms with van der Waals surface area (Å²) < 4.78 is 21.7. The number of likely N-dealkylation sites (tertiary alicyclic amines) is 1. The first kappa shape index (κ1) is 17.8. The predicted octanol–water partition coefficient (Wildman–Crippen LogP) is -0.310. The Morgan fingerprint density at radius 2 is 2.00 bits per heavy atom. The van der Waals surface area contributed by atoms with Gasteiger partial charge in [0.1, 0.15) is 0 Å². The number of aliphatic hydroxyl groups excluding tert-OH is 1. The maximum atomic E-state index is 10.9. The normalized spacial score (nSPS) is 20.4. The topological polar surface area (TPSA) is 86.9 Å². The molecule has 0 aliphatic carbocycles. The number of piperidine rings is 1. The average Bonchev–Trinajstić information content (AvgIpc) is 2.29. The first-order valence-corrected chi connectivity index (χ1v) is 9.07. The Morgan fingerprint density at radius 3 is 2.50 bits per heavy atom. The highest BCUT2D eigenvalue weighted by Crippen LogP contribution is 2.18. The van der Waals surface area contributed by atoms with Crippen molar-refractivity contribution >= 4 is 10.0 Å². The van der Waals surface area contributed by atoms with E-state index in [0.717, 1.165) is 45.6 Å². The summed E-state index contributed by atoms with van der Waals surface area (Å²) in [5.41, 5.74) is 0. The van der Waals surface area contributed by atoms with Gasteiger partial charge in [0.2, 0.25) is 10.0 Å². The summed E-state index contributed by atoms with van der Waals surface area (Å²) in [7, 11) is -1.30. The van der Waals surface area contributed by atoms with Gasteiger partial charge in [-0.25, -0.2) is 13.6 Å². The lowest BCUT2D eigenvalue weighted by Crippen LogP contribution is -2.40. The van der Waals surface area contributed by atoms with Crippen molar-refractivity contribution in [3.63, 3.8) is 0 Å². The van der Waals surface area contributed by atoms with Gasteiger partial charge in [0, 0.05) is 13.1 Å². The molecule has 0 aromatic carbocycles. The van der Waals surface area contributed by atoms with Gasteiger partial charge in [0.15, 0.2) is 0 Å². The van der Waals surface area contributed by atoms with Crippen molar-refractivity contribution in [1.29, 1.82) is 0 Å². The van der Waals surface area contributed by atoms with Crippen molar-refractivity contribution in [1.82, 2.24) is 9.80 Å². The molecule has 0 unspecified atom stereocenters. The van der Waals surface area contributed by atoms with Gasteiger partial charge in [-0.2, -0.15) is 0 Å². The number of nitrogens with zero attached hydrogens (tertiary/aromatic N) is 2. The molecule has 1 aliphatic heterocycles. The molecule has 6 nitrogen and oxygen atoms in total. The van der Waals surface area contributed by atoms with Gasteiger partial charge in [-0.05, 0) is 58.8 Å². The summed E-state index contributed by atoms with van der Waals surface area (Å²) in [6, 6.07) is 0. The van der Waals surface area contributed by atoms with Crippen molar-refractivity contribution in [2.75, 3.05) is 45.5 Å². The lowest BCUT2D eigenvalue weighted by atomic mass is 9.96. The van der Waals surface area contributed by atoms with E-state index in [0.29, 0.717) is 12.3 Å². The second-order valence-electron chi connectivity index (χ2n) is 6.08. The highest BCUT2D eigenvalue weighted by molar-refractivity contribution is 7.89. The molecule has 1 atom stereocenters. The quantitative estimate of drug-likeness (QED) is 0.642. The third kappa shape index (κ3) is 8.16. The fraction of sp³-hybridized carbons (Fsp3) is 1.00. The molecule has 0 aromatic heterocycles. The Balaban J connectivity index is 2.16. The summed E-state index contributed by atoms with van der Waals surface area (Å²) in [4.78, 5) is 4.50.